The summed E-state index contributed by atoms with van der Waals surface area (Å²) in [7, 11) is 0. The van der Waals surface area contributed by atoms with Gasteiger partial charge in [0, 0.05) is 6.42 Å². The first-order valence-electron chi connectivity index (χ1n) is 16.2. The molecule has 0 fully saturated rings. The van der Waals surface area contributed by atoms with E-state index in [4.69, 9.17) is 10.8 Å². The lowest BCUT2D eigenvalue weighted by Gasteiger charge is -2.07. The van der Waals surface area contributed by atoms with Crippen molar-refractivity contribution in [2.24, 2.45) is 5.73 Å². The molecule has 0 bridgehead atoms. The highest BCUT2D eigenvalue weighted by atomic mass is 16.6. The maximum Gasteiger partial charge on any atom is 0.332 e. The Bertz CT molecular complexity index is 497. The van der Waals surface area contributed by atoms with Crippen LogP contribution in [0.15, 0.2) is 0 Å². The van der Waals surface area contributed by atoms with Gasteiger partial charge in [-0.2, -0.15) is 0 Å². The van der Waals surface area contributed by atoms with Gasteiger partial charge < -0.3 is 15.6 Å². The van der Waals surface area contributed by atoms with Gasteiger partial charge in [0.2, 0.25) is 0 Å². The molecule has 0 heterocycles. The predicted molar refractivity (Wildman–Crippen MR) is 156 cm³/mol. The number of carbonyl (C=O) groups is 2. The molecule has 0 aliphatic carbocycles. The molecule has 0 aromatic rings. The Balaban J connectivity index is 3.15. The summed E-state index contributed by atoms with van der Waals surface area (Å²) in [6.45, 7) is 1.78. The van der Waals surface area contributed by atoms with Crippen LogP contribution in [0, 0.1) is 0 Å². The van der Waals surface area contributed by atoms with Crippen LogP contribution in [0.2, 0.25) is 0 Å². The van der Waals surface area contributed by atoms with Crippen LogP contribution in [0.5, 0.6) is 0 Å². The average molecular weight is 526 g/mol. The van der Waals surface area contributed by atoms with E-state index in [-0.39, 0.29) is 6.42 Å². The highest BCUT2D eigenvalue weighted by Crippen LogP contribution is 2.16. The minimum absolute atomic E-state index is 0.239. The molecule has 3 N–H and O–H groups in total. The van der Waals surface area contributed by atoms with Gasteiger partial charge in [0.1, 0.15) is 6.04 Å². The summed E-state index contributed by atoms with van der Waals surface area (Å²) in [5, 5.41) is 8.76. The number of unbranched alkanes of at least 4 members (excludes halogenated alkanes) is 25. The fourth-order valence-electron chi connectivity index (χ4n) is 4.90. The van der Waals surface area contributed by atoms with Crippen molar-refractivity contribution in [3.05, 3.63) is 0 Å². The maximum absolute atomic E-state index is 11.5. The maximum atomic E-state index is 11.5. The number of aliphatic hydroxyl groups is 1. The van der Waals surface area contributed by atoms with E-state index < -0.39 is 24.6 Å². The van der Waals surface area contributed by atoms with E-state index in [1.54, 1.807) is 0 Å². The first-order chi connectivity index (χ1) is 18.1. The minimum atomic E-state index is -1.13. The molecular formula is C32H63NO4. The summed E-state index contributed by atoms with van der Waals surface area (Å²) in [5.74, 6) is -1.39. The van der Waals surface area contributed by atoms with E-state index >= 15 is 0 Å². The third-order valence-electron chi connectivity index (χ3n) is 7.45. The molecule has 220 valence electrons. The van der Waals surface area contributed by atoms with Crippen LogP contribution in [-0.4, -0.2) is 29.7 Å². The number of hydrogen-bond donors (Lipinski definition) is 2. The lowest BCUT2D eigenvalue weighted by atomic mass is 10.0. The molecule has 0 aliphatic heterocycles. The summed E-state index contributed by atoms with van der Waals surface area (Å²) >= 11 is 0. The van der Waals surface area contributed by atoms with Crippen LogP contribution in [-0.2, 0) is 14.3 Å². The molecule has 5 heteroatoms. The van der Waals surface area contributed by atoms with Gasteiger partial charge >= 0.3 is 11.9 Å². The summed E-state index contributed by atoms with van der Waals surface area (Å²) in [4.78, 5) is 22.8. The average Bonchev–Trinajstić information content (AvgIpc) is 2.90. The quantitative estimate of drug-likeness (QED) is 0.0578. The van der Waals surface area contributed by atoms with Gasteiger partial charge in [-0.25, -0.2) is 4.79 Å². The SMILES string of the molecule is CCCCCCCCCCCCCCCCCCCCCCCCCCCCC(=O)OC(=O)[C@@H](N)CO. The minimum Gasteiger partial charge on any atom is -0.394 e. The molecule has 0 rings (SSSR count). The Hall–Kier alpha value is -0.940. The summed E-state index contributed by atoms with van der Waals surface area (Å²) in [6, 6.07) is -1.13. The molecule has 0 saturated heterocycles. The lowest BCUT2D eigenvalue weighted by molar-refractivity contribution is -0.161. The van der Waals surface area contributed by atoms with Crippen LogP contribution >= 0.6 is 0 Å². The lowest BCUT2D eigenvalue weighted by Crippen LogP contribution is -2.36. The van der Waals surface area contributed by atoms with Gasteiger partial charge in [0.25, 0.3) is 0 Å². The van der Waals surface area contributed by atoms with Crippen molar-refractivity contribution in [3.8, 4) is 0 Å². The number of aliphatic hydroxyl groups excluding tert-OH is 1. The molecule has 0 aromatic heterocycles. The highest BCUT2D eigenvalue weighted by molar-refractivity contribution is 5.88. The van der Waals surface area contributed by atoms with E-state index in [1.165, 1.54) is 148 Å². The first kappa shape index (κ1) is 36.1. The first-order valence-corrected chi connectivity index (χ1v) is 16.2. The number of ether oxygens (including phenoxy) is 1. The Morgan fingerprint density at radius 2 is 0.811 bits per heavy atom. The normalized spacial score (nSPS) is 12.1. The smallest absolute Gasteiger partial charge is 0.332 e. The van der Waals surface area contributed by atoms with E-state index in [1.807, 2.05) is 0 Å². The third-order valence-corrected chi connectivity index (χ3v) is 7.45. The fourth-order valence-corrected chi connectivity index (χ4v) is 4.90. The van der Waals surface area contributed by atoms with Crippen molar-refractivity contribution in [1.82, 2.24) is 0 Å². The second kappa shape index (κ2) is 29.6. The molecule has 0 saturated carbocycles. The van der Waals surface area contributed by atoms with E-state index in [9.17, 15) is 9.59 Å². The Morgan fingerprint density at radius 1 is 0.541 bits per heavy atom. The van der Waals surface area contributed by atoms with E-state index in [2.05, 4.69) is 11.7 Å². The van der Waals surface area contributed by atoms with Gasteiger partial charge in [0.05, 0.1) is 6.61 Å². The molecule has 0 aliphatic rings. The Labute approximate surface area is 230 Å². The molecule has 0 spiro atoms. The molecule has 37 heavy (non-hydrogen) atoms. The molecule has 0 radical (unpaired) electrons. The molecule has 0 amide bonds. The predicted octanol–water partition coefficient (Wildman–Crippen LogP) is 8.93. The third kappa shape index (κ3) is 27.9. The molecular weight excluding hydrogens is 462 g/mol. The van der Waals surface area contributed by atoms with Crippen molar-refractivity contribution in [2.45, 2.75) is 186 Å². The van der Waals surface area contributed by atoms with Crippen molar-refractivity contribution in [1.29, 1.82) is 0 Å². The van der Waals surface area contributed by atoms with Crippen LogP contribution in [0.3, 0.4) is 0 Å². The van der Waals surface area contributed by atoms with Crippen molar-refractivity contribution in [2.75, 3.05) is 6.61 Å². The van der Waals surface area contributed by atoms with Crippen LogP contribution < -0.4 is 5.73 Å². The van der Waals surface area contributed by atoms with E-state index in [0.29, 0.717) is 0 Å². The zero-order valence-corrected chi connectivity index (χ0v) is 24.6. The molecule has 5 nitrogen and oxygen atoms in total. The number of carbonyl (C=O) groups excluding carboxylic acids is 2. The van der Waals surface area contributed by atoms with Crippen LogP contribution in [0.1, 0.15) is 180 Å². The van der Waals surface area contributed by atoms with Gasteiger partial charge in [0.15, 0.2) is 0 Å². The van der Waals surface area contributed by atoms with Crippen LogP contribution in [0.4, 0.5) is 0 Å². The van der Waals surface area contributed by atoms with Crippen molar-refractivity contribution in [3.63, 3.8) is 0 Å². The number of rotatable bonds is 29. The second-order valence-electron chi connectivity index (χ2n) is 11.2. The largest absolute Gasteiger partial charge is 0.394 e. The summed E-state index contributed by atoms with van der Waals surface area (Å²) in [6.07, 6.45) is 35.4. The molecule has 0 unspecified atom stereocenters. The topological polar surface area (TPSA) is 89.6 Å². The standard InChI is InChI=1S/C32H63NO4/c1-2-3-4-5-6-7-8-9-10-11-12-13-14-15-16-17-18-19-20-21-22-23-24-25-26-27-28-31(35)37-32(36)30(33)29-34/h30,34H,2-29,33H2,1H3/t30-/m0/s1. The fraction of sp³-hybridized carbons (Fsp3) is 0.938. The van der Waals surface area contributed by atoms with Crippen molar-refractivity contribution >= 4 is 11.9 Å². The number of nitrogens with two attached hydrogens (primary N) is 1. The van der Waals surface area contributed by atoms with Gasteiger partial charge in [-0.15, -0.1) is 0 Å². The monoisotopic (exact) mass is 525 g/mol. The number of esters is 2. The Kier molecular flexibility index (Phi) is 28.9. The van der Waals surface area contributed by atoms with E-state index in [0.717, 1.165) is 19.3 Å². The Morgan fingerprint density at radius 3 is 1.08 bits per heavy atom. The number of hydrogen-bond acceptors (Lipinski definition) is 5. The van der Waals surface area contributed by atoms with Gasteiger partial charge in [-0.3, -0.25) is 4.79 Å². The van der Waals surface area contributed by atoms with Crippen LogP contribution in [0.25, 0.3) is 0 Å². The van der Waals surface area contributed by atoms with Crippen molar-refractivity contribution < 1.29 is 19.4 Å². The molecule has 0 aromatic carbocycles. The zero-order chi connectivity index (χ0) is 27.2. The highest BCUT2D eigenvalue weighted by Gasteiger charge is 2.17. The van der Waals surface area contributed by atoms with Gasteiger partial charge in [-0.05, 0) is 6.42 Å². The second-order valence-corrected chi connectivity index (χ2v) is 11.2. The summed E-state index contributed by atoms with van der Waals surface area (Å²) < 4.78 is 4.60. The summed E-state index contributed by atoms with van der Waals surface area (Å²) in [5.41, 5.74) is 5.31. The van der Waals surface area contributed by atoms with Gasteiger partial charge in [-0.1, -0.05) is 167 Å². The molecule has 1 atom stereocenters. The zero-order valence-electron chi connectivity index (χ0n) is 24.6.